The van der Waals surface area contributed by atoms with Crippen LogP contribution in [-0.4, -0.2) is 24.3 Å². The van der Waals surface area contributed by atoms with Crippen LogP contribution in [-0.2, 0) is 4.79 Å². The monoisotopic (exact) mass is 371 g/mol. The van der Waals surface area contributed by atoms with Crippen molar-refractivity contribution in [2.45, 2.75) is 19.4 Å². The first-order chi connectivity index (χ1) is 12.8. The fraction of sp³-hybridized carbons (Fsp3) is 0.200. The zero-order chi connectivity index (χ0) is 20.0. The Labute approximate surface area is 155 Å². The minimum atomic E-state index is -2.78. The number of nitrogens with one attached hydrogen (secondary N) is 1. The van der Waals surface area contributed by atoms with Crippen LogP contribution in [0.3, 0.4) is 0 Å². The highest BCUT2D eigenvalue weighted by Crippen LogP contribution is 2.14. The van der Waals surface area contributed by atoms with Gasteiger partial charge in [-0.2, -0.15) is 0 Å². The maximum Gasteiger partial charge on any atom is 0.251 e. The first-order valence-corrected chi connectivity index (χ1v) is 8.14. The topological polar surface area (TPSA) is 98.2 Å². The van der Waals surface area contributed by atoms with E-state index in [0.29, 0.717) is 11.3 Å². The molecule has 2 unspecified atom stereocenters. The van der Waals surface area contributed by atoms with Gasteiger partial charge in [-0.05, 0) is 48.5 Å². The molecule has 2 rings (SSSR count). The van der Waals surface area contributed by atoms with Gasteiger partial charge in [-0.3, -0.25) is 9.59 Å². The average molecular weight is 371 g/mol. The van der Waals surface area contributed by atoms with Gasteiger partial charge in [-0.15, -0.1) is 0 Å². The molecule has 0 bridgehead atoms. The van der Waals surface area contributed by atoms with Crippen LogP contribution in [0.2, 0.25) is 0 Å². The third-order valence-electron chi connectivity index (χ3n) is 3.93. The number of nitrogens with two attached hydrogens (primary N) is 2. The second-order valence-electron chi connectivity index (χ2n) is 6.00. The van der Waals surface area contributed by atoms with E-state index < -0.39 is 30.2 Å². The smallest absolute Gasteiger partial charge is 0.251 e. The van der Waals surface area contributed by atoms with E-state index in [-0.39, 0.29) is 5.56 Å². The second-order valence-corrected chi connectivity index (χ2v) is 6.00. The summed E-state index contributed by atoms with van der Waals surface area (Å²) in [6.45, 7) is 1.15. The van der Waals surface area contributed by atoms with Crippen molar-refractivity contribution in [3.63, 3.8) is 0 Å². The molecule has 5 N–H and O–H groups in total. The van der Waals surface area contributed by atoms with E-state index >= 15 is 0 Å². The maximum atomic E-state index is 12.8. The number of nitrogen functional groups attached to an aromatic ring is 1. The largest absolute Gasteiger partial charge is 0.399 e. The van der Waals surface area contributed by atoms with Gasteiger partial charge in [0, 0.05) is 28.3 Å². The molecule has 0 heterocycles. The number of carbonyl (C=O) groups is 2. The number of primary amides is 1. The zero-order valence-electron chi connectivity index (χ0n) is 14.6. The first-order valence-electron chi connectivity index (χ1n) is 8.14. The van der Waals surface area contributed by atoms with E-state index in [1.165, 1.54) is 12.1 Å². The van der Waals surface area contributed by atoms with E-state index in [1.807, 2.05) is 0 Å². The summed E-state index contributed by atoms with van der Waals surface area (Å²) in [5.74, 6) is 2.84. The lowest BCUT2D eigenvalue weighted by Gasteiger charge is -2.21. The van der Waals surface area contributed by atoms with Gasteiger partial charge in [0.1, 0.15) is 6.04 Å². The summed E-state index contributed by atoms with van der Waals surface area (Å²) in [6, 6.07) is 11.8. The molecular formula is C20H19F2N3O2. The van der Waals surface area contributed by atoms with Gasteiger partial charge in [0.05, 0.1) is 0 Å². The van der Waals surface area contributed by atoms with Gasteiger partial charge in [-0.1, -0.05) is 18.8 Å². The van der Waals surface area contributed by atoms with E-state index in [1.54, 1.807) is 36.4 Å². The molecule has 0 aliphatic heterocycles. The molecule has 0 fully saturated rings. The van der Waals surface area contributed by atoms with Gasteiger partial charge in [0.2, 0.25) is 12.3 Å². The number of amides is 2. The minimum absolute atomic E-state index is 0.209. The SMILES string of the molecule is CC(C(F)F)C(NC(=O)c1ccc(C#Cc2ccc(N)cc2)cc1)C(N)=O. The predicted molar refractivity (Wildman–Crippen MR) is 98.9 cm³/mol. The van der Waals surface area contributed by atoms with Crippen LogP contribution in [0.25, 0.3) is 0 Å². The molecule has 7 heteroatoms. The van der Waals surface area contributed by atoms with Crippen LogP contribution in [0.15, 0.2) is 48.5 Å². The fourth-order valence-corrected chi connectivity index (χ4v) is 2.25. The van der Waals surface area contributed by atoms with E-state index in [2.05, 4.69) is 17.2 Å². The van der Waals surface area contributed by atoms with Crippen molar-refractivity contribution >= 4 is 17.5 Å². The van der Waals surface area contributed by atoms with Gasteiger partial charge in [-0.25, -0.2) is 8.78 Å². The van der Waals surface area contributed by atoms with Crippen molar-refractivity contribution in [3.05, 3.63) is 65.2 Å². The van der Waals surface area contributed by atoms with Gasteiger partial charge < -0.3 is 16.8 Å². The Bertz CT molecular complexity index is 869. The number of hydrogen-bond donors (Lipinski definition) is 3. The summed E-state index contributed by atoms with van der Waals surface area (Å²) >= 11 is 0. The minimum Gasteiger partial charge on any atom is -0.399 e. The number of rotatable bonds is 5. The molecule has 0 spiro atoms. The maximum absolute atomic E-state index is 12.8. The predicted octanol–water partition coefficient (Wildman–Crippen LogP) is 2.15. The Morgan fingerprint density at radius 3 is 1.89 bits per heavy atom. The van der Waals surface area contributed by atoms with E-state index in [9.17, 15) is 18.4 Å². The molecule has 0 aliphatic carbocycles. The summed E-state index contributed by atoms with van der Waals surface area (Å²) in [5.41, 5.74) is 13.0. The Hall–Kier alpha value is -3.40. The molecule has 0 aromatic heterocycles. The number of alkyl halides is 2. The van der Waals surface area contributed by atoms with Crippen LogP contribution in [0.4, 0.5) is 14.5 Å². The Balaban J connectivity index is 2.09. The van der Waals surface area contributed by atoms with Gasteiger partial charge >= 0.3 is 0 Å². The summed E-state index contributed by atoms with van der Waals surface area (Å²) in [4.78, 5) is 23.6. The molecule has 0 radical (unpaired) electrons. The molecule has 2 atom stereocenters. The van der Waals surface area contributed by atoms with Crippen molar-refractivity contribution in [3.8, 4) is 11.8 Å². The highest BCUT2D eigenvalue weighted by Gasteiger charge is 2.31. The van der Waals surface area contributed by atoms with Crippen LogP contribution in [0, 0.1) is 17.8 Å². The summed E-state index contributed by atoms with van der Waals surface area (Å²) < 4.78 is 25.6. The summed E-state index contributed by atoms with van der Waals surface area (Å²) in [6.07, 6.45) is -2.78. The van der Waals surface area contributed by atoms with Crippen molar-refractivity contribution in [2.75, 3.05) is 5.73 Å². The molecule has 2 amide bonds. The molecular weight excluding hydrogens is 352 g/mol. The van der Waals surface area contributed by atoms with Crippen molar-refractivity contribution < 1.29 is 18.4 Å². The highest BCUT2D eigenvalue weighted by atomic mass is 19.3. The standard InChI is InChI=1S/C20H19F2N3O2/c1-12(18(21)22)17(19(24)26)25-20(27)15-8-4-13(5-9-15)2-3-14-6-10-16(23)11-7-14/h4-12,17-18H,23H2,1H3,(H2,24,26)(H,25,27). The lowest BCUT2D eigenvalue weighted by Crippen LogP contribution is -2.50. The van der Waals surface area contributed by atoms with E-state index in [4.69, 9.17) is 11.5 Å². The fourth-order valence-electron chi connectivity index (χ4n) is 2.25. The normalized spacial score (nSPS) is 12.6. The Morgan fingerprint density at radius 1 is 0.963 bits per heavy atom. The third kappa shape index (κ3) is 5.54. The molecule has 140 valence electrons. The lowest BCUT2D eigenvalue weighted by molar-refractivity contribution is -0.122. The molecule has 2 aromatic rings. The third-order valence-corrected chi connectivity index (χ3v) is 3.93. The molecule has 27 heavy (non-hydrogen) atoms. The van der Waals surface area contributed by atoms with Crippen molar-refractivity contribution in [1.29, 1.82) is 0 Å². The molecule has 0 saturated carbocycles. The number of hydrogen-bond acceptors (Lipinski definition) is 3. The van der Waals surface area contributed by atoms with E-state index in [0.717, 1.165) is 12.5 Å². The quantitative estimate of drug-likeness (QED) is 0.555. The van der Waals surface area contributed by atoms with Crippen LogP contribution < -0.4 is 16.8 Å². The van der Waals surface area contributed by atoms with Crippen LogP contribution in [0.1, 0.15) is 28.4 Å². The average Bonchev–Trinajstić information content (AvgIpc) is 2.65. The second kappa shape index (κ2) is 8.81. The lowest BCUT2D eigenvalue weighted by atomic mass is 10.0. The molecule has 0 saturated heterocycles. The number of anilines is 1. The Kier molecular flexibility index (Phi) is 6.50. The molecule has 5 nitrogen and oxygen atoms in total. The van der Waals surface area contributed by atoms with Crippen LogP contribution in [0.5, 0.6) is 0 Å². The van der Waals surface area contributed by atoms with Gasteiger partial charge in [0.25, 0.3) is 5.91 Å². The Morgan fingerprint density at radius 2 is 1.44 bits per heavy atom. The van der Waals surface area contributed by atoms with Crippen molar-refractivity contribution in [1.82, 2.24) is 5.32 Å². The van der Waals surface area contributed by atoms with Crippen LogP contribution >= 0.6 is 0 Å². The molecule has 0 aliphatic rings. The van der Waals surface area contributed by atoms with Crippen molar-refractivity contribution in [2.24, 2.45) is 11.7 Å². The first kappa shape index (κ1) is 19.9. The zero-order valence-corrected chi connectivity index (χ0v) is 14.6. The summed E-state index contributed by atoms with van der Waals surface area (Å²) in [7, 11) is 0. The number of carbonyl (C=O) groups excluding carboxylic acids is 2. The summed E-state index contributed by atoms with van der Waals surface area (Å²) in [5, 5.41) is 2.26. The van der Waals surface area contributed by atoms with Gasteiger partial charge in [0.15, 0.2) is 0 Å². The molecule has 2 aromatic carbocycles. The highest BCUT2D eigenvalue weighted by molar-refractivity contribution is 5.97. The number of halogens is 2. The number of benzene rings is 2.